The molecular weight excluding hydrogens is 496 g/mol. The van der Waals surface area contributed by atoms with Crippen LogP contribution in [0, 0.1) is 0 Å². The SMILES string of the molecule is [2H]C([2H])([2H])N1CCN(CCOc2cc(OC3CCOCC3)c3c(c2)N(c2c(Cl)ccc4c2OCO4)CN=C3)CC1. The van der Waals surface area contributed by atoms with Gasteiger partial charge in [-0.25, -0.2) is 0 Å². The zero-order valence-electron chi connectivity index (χ0n) is 23.7. The molecule has 0 N–H and O–H groups in total. The molecule has 0 unspecified atom stereocenters. The Morgan fingerprint density at radius 2 is 2.00 bits per heavy atom. The second kappa shape index (κ2) is 10.9. The van der Waals surface area contributed by atoms with Gasteiger partial charge in [0.15, 0.2) is 11.5 Å². The van der Waals surface area contributed by atoms with Gasteiger partial charge in [0.25, 0.3) is 0 Å². The fraction of sp³-hybridized carbons (Fsp3) is 0.519. The van der Waals surface area contributed by atoms with Crippen LogP contribution in [0.3, 0.4) is 0 Å². The van der Waals surface area contributed by atoms with E-state index in [9.17, 15) is 0 Å². The van der Waals surface area contributed by atoms with Crippen LogP contribution in [0.15, 0.2) is 29.3 Å². The molecule has 0 amide bonds. The van der Waals surface area contributed by atoms with E-state index in [0.29, 0.717) is 92.9 Å². The molecular formula is C27H33ClN4O5. The summed E-state index contributed by atoms with van der Waals surface area (Å²) >= 11 is 6.70. The highest BCUT2D eigenvalue weighted by atomic mass is 35.5. The first-order chi connectivity index (χ1) is 19.4. The summed E-state index contributed by atoms with van der Waals surface area (Å²) in [7, 11) is 0. The zero-order valence-corrected chi connectivity index (χ0v) is 21.4. The van der Waals surface area contributed by atoms with E-state index in [0.717, 1.165) is 24.1 Å². The first-order valence-electron chi connectivity index (χ1n) is 14.2. The van der Waals surface area contributed by atoms with Crippen molar-refractivity contribution in [1.82, 2.24) is 9.80 Å². The molecule has 37 heavy (non-hydrogen) atoms. The monoisotopic (exact) mass is 531 g/mol. The van der Waals surface area contributed by atoms with E-state index in [2.05, 4.69) is 9.89 Å². The predicted molar refractivity (Wildman–Crippen MR) is 143 cm³/mol. The van der Waals surface area contributed by atoms with Crippen molar-refractivity contribution in [3.63, 3.8) is 0 Å². The Morgan fingerprint density at radius 3 is 2.84 bits per heavy atom. The molecule has 9 nitrogen and oxygen atoms in total. The maximum atomic E-state index is 7.62. The lowest BCUT2D eigenvalue weighted by atomic mass is 10.1. The van der Waals surface area contributed by atoms with E-state index < -0.39 is 6.98 Å². The van der Waals surface area contributed by atoms with E-state index >= 15 is 0 Å². The number of aliphatic imine (C=N–C) groups is 1. The molecule has 2 aromatic rings. The molecule has 0 radical (unpaired) electrons. The average molecular weight is 532 g/mol. The fourth-order valence-corrected chi connectivity index (χ4v) is 5.28. The van der Waals surface area contributed by atoms with E-state index in [1.165, 1.54) is 0 Å². The van der Waals surface area contributed by atoms with Crippen molar-refractivity contribution in [1.29, 1.82) is 0 Å². The number of rotatable bonds is 7. The van der Waals surface area contributed by atoms with Gasteiger partial charge in [-0.3, -0.25) is 9.89 Å². The van der Waals surface area contributed by atoms with Crippen LogP contribution in [-0.2, 0) is 4.74 Å². The second-order valence-corrected chi connectivity index (χ2v) is 9.88. The van der Waals surface area contributed by atoms with Gasteiger partial charge in [0.1, 0.15) is 36.6 Å². The largest absolute Gasteiger partial charge is 0.492 e. The van der Waals surface area contributed by atoms with Crippen molar-refractivity contribution in [2.75, 3.05) is 77.9 Å². The Labute approximate surface area is 226 Å². The Hall–Kier alpha value is -2.72. The summed E-state index contributed by atoms with van der Waals surface area (Å²) in [5, 5.41) is 0.529. The number of nitrogens with zero attached hydrogens (tertiary/aromatic N) is 4. The summed E-state index contributed by atoms with van der Waals surface area (Å²) in [5.41, 5.74) is 2.39. The highest BCUT2D eigenvalue weighted by Crippen LogP contribution is 2.50. The summed E-state index contributed by atoms with van der Waals surface area (Å²) in [6.45, 7) is 3.33. The van der Waals surface area contributed by atoms with Crippen LogP contribution >= 0.6 is 11.6 Å². The van der Waals surface area contributed by atoms with Crippen LogP contribution in [0.5, 0.6) is 23.0 Å². The van der Waals surface area contributed by atoms with E-state index in [4.69, 9.17) is 39.4 Å². The molecule has 4 heterocycles. The van der Waals surface area contributed by atoms with Crippen LogP contribution in [-0.4, -0.2) is 95.1 Å². The molecule has 0 aliphatic carbocycles. The van der Waals surface area contributed by atoms with Gasteiger partial charge < -0.3 is 33.5 Å². The van der Waals surface area contributed by atoms with Gasteiger partial charge in [0.2, 0.25) is 6.79 Å². The van der Waals surface area contributed by atoms with Crippen molar-refractivity contribution >= 4 is 29.2 Å². The third kappa shape index (κ3) is 5.31. The number of hydrogen-bond donors (Lipinski definition) is 0. The van der Waals surface area contributed by atoms with Crippen molar-refractivity contribution in [2.45, 2.75) is 18.9 Å². The van der Waals surface area contributed by atoms with Gasteiger partial charge >= 0.3 is 0 Å². The predicted octanol–water partition coefficient (Wildman–Crippen LogP) is 3.78. The zero-order chi connectivity index (χ0) is 27.7. The van der Waals surface area contributed by atoms with Gasteiger partial charge in [0.05, 0.1) is 29.5 Å². The van der Waals surface area contributed by atoms with Crippen molar-refractivity contribution in [3.05, 3.63) is 34.9 Å². The molecule has 2 aromatic carbocycles. The summed E-state index contributed by atoms with van der Waals surface area (Å²) < 4.78 is 52.6. The van der Waals surface area contributed by atoms with Crippen LogP contribution in [0.1, 0.15) is 22.5 Å². The molecule has 0 aromatic heterocycles. The third-order valence-corrected chi connectivity index (χ3v) is 7.38. The highest BCUT2D eigenvalue weighted by molar-refractivity contribution is 6.34. The maximum Gasteiger partial charge on any atom is 0.231 e. The number of anilines is 2. The summed E-state index contributed by atoms with van der Waals surface area (Å²) in [4.78, 5) is 10.4. The van der Waals surface area contributed by atoms with Crippen molar-refractivity contribution < 1.29 is 27.8 Å². The number of piperazine rings is 1. The number of hydrogen-bond acceptors (Lipinski definition) is 9. The number of fused-ring (bicyclic) bond motifs is 2. The topological polar surface area (TPSA) is 68.2 Å². The molecule has 0 spiro atoms. The fourth-order valence-electron chi connectivity index (χ4n) is 5.02. The van der Waals surface area contributed by atoms with Crippen LogP contribution in [0.25, 0.3) is 0 Å². The quantitative estimate of drug-likeness (QED) is 0.535. The van der Waals surface area contributed by atoms with Crippen LogP contribution < -0.4 is 23.8 Å². The first kappa shape index (κ1) is 21.2. The molecule has 2 fully saturated rings. The number of likely N-dealkylation sites (N-methyl/N-ethyl adjacent to an activating group) is 1. The van der Waals surface area contributed by atoms with E-state index in [1.54, 1.807) is 17.0 Å². The summed E-state index contributed by atoms with van der Waals surface area (Å²) in [5.74, 6) is 2.59. The minimum Gasteiger partial charge on any atom is -0.492 e. The molecule has 0 bridgehead atoms. The number of halogens is 1. The smallest absolute Gasteiger partial charge is 0.231 e. The minimum absolute atomic E-state index is 0.0349. The normalized spacial score (nSPS) is 21.8. The summed E-state index contributed by atoms with van der Waals surface area (Å²) in [6.07, 6.45) is 3.49. The van der Waals surface area contributed by atoms with Crippen molar-refractivity contribution in [2.24, 2.45) is 4.99 Å². The van der Waals surface area contributed by atoms with Crippen LogP contribution in [0.2, 0.25) is 5.02 Å². The van der Waals surface area contributed by atoms with Gasteiger partial charge in [-0.2, -0.15) is 0 Å². The Balaban J connectivity index is 1.24. The Kier molecular flexibility index (Phi) is 6.28. The molecule has 4 aliphatic rings. The van der Waals surface area contributed by atoms with Gasteiger partial charge in [0, 0.05) is 68.0 Å². The molecule has 198 valence electrons. The standard InChI is InChI=1S/C27H33ClN4O5/c1-30-6-8-31(9-7-30)10-13-34-20-14-23-21(25(15-20)37-19-4-11-33-12-5-19)16-29-17-32(23)26-22(28)2-3-24-27(26)36-18-35-24/h2-3,14-16,19H,4-13,17-18H2,1H3/i1D3. The molecule has 0 atom stereocenters. The van der Waals surface area contributed by atoms with Gasteiger partial charge in [-0.15, -0.1) is 0 Å². The lowest BCUT2D eigenvalue weighted by Crippen LogP contribution is -2.45. The molecule has 6 rings (SSSR count). The van der Waals surface area contributed by atoms with E-state index in [1.807, 2.05) is 23.2 Å². The highest BCUT2D eigenvalue weighted by Gasteiger charge is 2.30. The van der Waals surface area contributed by atoms with Crippen molar-refractivity contribution in [3.8, 4) is 23.0 Å². The Bertz CT molecular complexity index is 1250. The lowest BCUT2D eigenvalue weighted by Gasteiger charge is -2.33. The second-order valence-electron chi connectivity index (χ2n) is 9.47. The number of benzene rings is 2. The molecule has 10 heteroatoms. The lowest BCUT2D eigenvalue weighted by molar-refractivity contribution is 0.0254. The molecule has 2 saturated heterocycles. The molecule has 0 saturated carbocycles. The number of ether oxygens (including phenoxy) is 5. The van der Waals surface area contributed by atoms with Gasteiger partial charge in [-0.05, 0) is 19.1 Å². The third-order valence-electron chi connectivity index (χ3n) is 7.07. The molecule has 4 aliphatic heterocycles. The van der Waals surface area contributed by atoms with Gasteiger partial charge in [-0.1, -0.05) is 11.6 Å². The first-order valence-corrected chi connectivity index (χ1v) is 13.1. The average Bonchev–Trinajstić information content (AvgIpc) is 3.42. The maximum absolute atomic E-state index is 7.62. The van der Waals surface area contributed by atoms with Crippen LogP contribution in [0.4, 0.5) is 11.4 Å². The van der Waals surface area contributed by atoms with E-state index in [-0.39, 0.29) is 12.9 Å². The summed E-state index contributed by atoms with van der Waals surface area (Å²) in [6, 6.07) is 7.51. The minimum atomic E-state index is -2.04. The Morgan fingerprint density at radius 1 is 1.14 bits per heavy atom.